The molecule has 1 aromatic rings. The van der Waals surface area contributed by atoms with Crippen molar-refractivity contribution in [3.63, 3.8) is 0 Å². The van der Waals surface area contributed by atoms with Crippen molar-refractivity contribution in [1.29, 1.82) is 0 Å². The molecule has 1 heterocycles. The van der Waals surface area contributed by atoms with Gasteiger partial charge >= 0.3 is 0 Å². The molecule has 1 saturated carbocycles. The average Bonchev–Trinajstić information content (AvgIpc) is 2.83. The van der Waals surface area contributed by atoms with Crippen molar-refractivity contribution in [3.05, 3.63) is 22.6 Å². The van der Waals surface area contributed by atoms with Crippen molar-refractivity contribution in [2.24, 2.45) is 5.92 Å². The van der Waals surface area contributed by atoms with E-state index in [-0.39, 0.29) is 11.9 Å². The van der Waals surface area contributed by atoms with Crippen LogP contribution in [-0.2, 0) is 0 Å². The van der Waals surface area contributed by atoms with Crippen molar-refractivity contribution in [2.45, 2.75) is 51.5 Å². The fraction of sp³-hybridized carbons (Fsp3) is 0.643. The normalized spacial score (nSPS) is 18.6. The van der Waals surface area contributed by atoms with E-state index in [0.717, 1.165) is 6.42 Å². The highest BCUT2D eigenvalue weighted by Gasteiger charge is 2.24. The third-order valence-electron chi connectivity index (χ3n) is 3.77. The quantitative estimate of drug-likeness (QED) is 0.908. The van der Waals surface area contributed by atoms with Crippen LogP contribution >= 0.6 is 15.9 Å². The average molecular weight is 314 g/mol. The maximum Gasteiger partial charge on any atom is 0.287 e. The third kappa shape index (κ3) is 3.37. The summed E-state index contributed by atoms with van der Waals surface area (Å²) in [5, 5.41) is 3.11. The van der Waals surface area contributed by atoms with Crippen LogP contribution in [0.5, 0.6) is 0 Å². The van der Waals surface area contributed by atoms with E-state index in [2.05, 4.69) is 28.2 Å². The Kier molecular flexibility index (Phi) is 4.87. The highest BCUT2D eigenvalue weighted by molar-refractivity contribution is 9.10. The molecule has 1 fully saturated rings. The first-order chi connectivity index (χ1) is 8.70. The lowest BCUT2D eigenvalue weighted by Crippen LogP contribution is -2.40. The van der Waals surface area contributed by atoms with Crippen LogP contribution in [-0.4, -0.2) is 11.9 Å². The Balaban J connectivity index is 1.95. The van der Waals surface area contributed by atoms with E-state index in [9.17, 15) is 4.79 Å². The van der Waals surface area contributed by atoms with Gasteiger partial charge in [0.05, 0.1) is 0 Å². The standard InChI is InChI=1S/C14H20BrNO2/c1-2-11(10-6-4-3-5-7-10)16-14(17)12-8-9-13(15)18-12/h8-11H,2-7H2,1H3,(H,16,17). The first kappa shape index (κ1) is 13.7. The van der Waals surface area contributed by atoms with E-state index in [1.807, 2.05) is 0 Å². The zero-order valence-corrected chi connectivity index (χ0v) is 12.3. The highest BCUT2D eigenvalue weighted by Crippen LogP contribution is 2.28. The topological polar surface area (TPSA) is 42.2 Å². The molecule has 1 aliphatic carbocycles. The highest BCUT2D eigenvalue weighted by atomic mass is 79.9. The first-order valence-electron chi connectivity index (χ1n) is 6.77. The maximum absolute atomic E-state index is 12.0. The minimum absolute atomic E-state index is 0.0990. The van der Waals surface area contributed by atoms with E-state index in [4.69, 9.17) is 4.42 Å². The van der Waals surface area contributed by atoms with Crippen LogP contribution in [0.4, 0.5) is 0 Å². The molecular weight excluding hydrogens is 294 g/mol. The van der Waals surface area contributed by atoms with Gasteiger partial charge < -0.3 is 9.73 Å². The molecular formula is C14H20BrNO2. The molecule has 3 nitrogen and oxygen atoms in total. The maximum atomic E-state index is 12.0. The van der Waals surface area contributed by atoms with Crippen molar-refractivity contribution >= 4 is 21.8 Å². The number of rotatable bonds is 4. The van der Waals surface area contributed by atoms with E-state index in [1.165, 1.54) is 32.1 Å². The molecule has 0 radical (unpaired) electrons. The van der Waals surface area contributed by atoms with Crippen molar-refractivity contribution < 1.29 is 9.21 Å². The van der Waals surface area contributed by atoms with Gasteiger partial charge in [-0.1, -0.05) is 26.2 Å². The van der Waals surface area contributed by atoms with Crippen LogP contribution in [0.15, 0.2) is 21.2 Å². The van der Waals surface area contributed by atoms with Gasteiger partial charge in [0.15, 0.2) is 10.4 Å². The SMILES string of the molecule is CCC(NC(=O)c1ccc(Br)o1)C1CCCCC1. The van der Waals surface area contributed by atoms with Crippen LogP contribution in [0.1, 0.15) is 56.0 Å². The Morgan fingerprint density at radius 1 is 1.44 bits per heavy atom. The molecule has 4 heteroatoms. The Bertz CT molecular complexity index is 396. The Morgan fingerprint density at radius 3 is 2.72 bits per heavy atom. The molecule has 0 bridgehead atoms. The van der Waals surface area contributed by atoms with Crippen LogP contribution in [0.25, 0.3) is 0 Å². The number of hydrogen-bond acceptors (Lipinski definition) is 2. The molecule has 2 rings (SSSR count). The third-order valence-corrected chi connectivity index (χ3v) is 4.20. The molecule has 100 valence electrons. The molecule has 1 aromatic heterocycles. The van der Waals surface area contributed by atoms with Gasteiger partial charge in [-0.25, -0.2) is 0 Å². The van der Waals surface area contributed by atoms with Crippen molar-refractivity contribution in [1.82, 2.24) is 5.32 Å². The Morgan fingerprint density at radius 2 is 2.17 bits per heavy atom. The van der Waals surface area contributed by atoms with Crippen molar-refractivity contribution in [3.8, 4) is 0 Å². The molecule has 1 amide bonds. The van der Waals surface area contributed by atoms with Gasteiger partial charge in [-0.15, -0.1) is 0 Å². The smallest absolute Gasteiger partial charge is 0.287 e. The number of hydrogen-bond donors (Lipinski definition) is 1. The molecule has 1 N–H and O–H groups in total. The van der Waals surface area contributed by atoms with Gasteiger partial charge in [-0.05, 0) is 53.2 Å². The molecule has 1 aliphatic rings. The summed E-state index contributed by atoms with van der Waals surface area (Å²) < 4.78 is 5.88. The van der Waals surface area contributed by atoms with Crippen molar-refractivity contribution in [2.75, 3.05) is 0 Å². The van der Waals surface area contributed by atoms with Gasteiger partial charge in [0, 0.05) is 6.04 Å². The zero-order valence-electron chi connectivity index (χ0n) is 10.7. The minimum Gasteiger partial charge on any atom is -0.444 e. The summed E-state index contributed by atoms with van der Waals surface area (Å²) in [5.74, 6) is 0.917. The Hall–Kier alpha value is -0.770. The van der Waals surface area contributed by atoms with Gasteiger partial charge in [0.1, 0.15) is 0 Å². The van der Waals surface area contributed by atoms with Crippen LogP contribution in [0.2, 0.25) is 0 Å². The summed E-state index contributed by atoms with van der Waals surface area (Å²) >= 11 is 3.21. The summed E-state index contributed by atoms with van der Waals surface area (Å²) in [6, 6.07) is 3.73. The largest absolute Gasteiger partial charge is 0.444 e. The number of carbonyl (C=O) groups excluding carboxylic acids is 1. The van der Waals surface area contributed by atoms with Crippen LogP contribution < -0.4 is 5.32 Å². The number of furan rings is 1. The second-order valence-corrected chi connectivity index (χ2v) is 5.77. The molecule has 1 unspecified atom stereocenters. The van der Waals surface area contributed by atoms with Crippen LogP contribution in [0.3, 0.4) is 0 Å². The van der Waals surface area contributed by atoms with Crippen LogP contribution in [0, 0.1) is 5.92 Å². The van der Waals surface area contributed by atoms with E-state index in [1.54, 1.807) is 12.1 Å². The van der Waals surface area contributed by atoms with Gasteiger partial charge in [-0.3, -0.25) is 4.79 Å². The molecule has 1 atom stereocenters. The molecule has 18 heavy (non-hydrogen) atoms. The van der Waals surface area contributed by atoms with Gasteiger partial charge in [0.2, 0.25) is 0 Å². The lowest BCUT2D eigenvalue weighted by atomic mass is 9.83. The van der Waals surface area contributed by atoms with E-state index < -0.39 is 0 Å². The van der Waals surface area contributed by atoms with Gasteiger partial charge in [-0.2, -0.15) is 0 Å². The fourth-order valence-corrected chi connectivity index (χ4v) is 3.07. The van der Waals surface area contributed by atoms with E-state index >= 15 is 0 Å². The first-order valence-corrected chi connectivity index (χ1v) is 7.56. The number of amides is 1. The monoisotopic (exact) mass is 313 g/mol. The number of nitrogens with one attached hydrogen (secondary N) is 1. The predicted molar refractivity (Wildman–Crippen MR) is 74.5 cm³/mol. The summed E-state index contributed by atoms with van der Waals surface area (Å²) in [5.41, 5.74) is 0. The summed E-state index contributed by atoms with van der Waals surface area (Å²) in [6.07, 6.45) is 7.39. The summed E-state index contributed by atoms with van der Waals surface area (Å²) in [4.78, 5) is 12.0. The second kappa shape index (κ2) is 6.41. The fourth-order valence-electron chi connectivity index (χ4n) is 2.77. The lowest BCUT2D eigenvalue weighted by Gasteiger charge is -2.30. The zero-order chi connectivity index (χ0) is 13.0. The predicted octanol–water partition coefficient (Wildman–Crippen LogP) is 4.13. The number of halogens is 1. The molecule has 0 aromatic carbocycles. The minimum atomic E-state index is -0.0990. The lowest BCUT2D eigenvalue weighted by molar-refractivity contribution is 0.0881. The summed E-state index contributed by atoms with van der Waals surface area (Å²) in [6.45, 7) is 2.14. The second-order valence-electron chi connectivity index (χ2n) is 4.99. The summed E-state index contributed by atoms with van der Waals surface area (Å²) in [7, 11) is 0. The molecule has 0 saturated heterocycles. The number of carbonyl (C=O) groups is 1. The molecule has 0 aliphatic heterocycles. The molecule has 0 spiro atoms. The van der Waals surface area contributed by atoms with E-state index in [0.29, 0.717) is 16.3 Å². The Labute approximate surface area is 116 Å². The van der Waals surface area contributed by atoms with Gasteiger partial charge in [0.25, 0.3) is 5.91 Å².